The summed E-state index contributed by atoms with van der Waals surface area (Å²) in [5.74, 6) is 1.75. The van der Waals surface area contributed by atoms with Crippen LogP contribution in [-0.4, -0.2) is 36.1 Å². The van der Waals surface area contributed by atoms with Crippen LogP contribution in [-0.2, 0) is 9.53 Å². The van der Waals surface area contributed by atoms with Gasteiger partial charge in [-0.3, -0.25) is 4.79 Å². The molecule has 1 amide bonds. The van der Waals surface area contributed by atoms with E-state index in [1.165, 1.54) is 0 Å². The maximum Gasteiger partial charge on any atom is 0.254 e. The fourth-order valence-electron chi connectivity index (χ4n) is 3.05. The third-order valence-corrected chi connectivity index (χ3v) is 4.44. The second kappa shape index (κ2) is 4.97. The molecule has 98 valence electrons. The van der Waals surface area contributed by atoms with Gasteiger partial charge in [-0.2, -0.15) is 0 Å². The zero-order chi connectivity index (χ0) is 12.5. The first-order valence-corrected chi connectivity index (χ1v) is 6.96. The number of piperidine rings is 1. The zero-order valence-electron chi connectivity index (χ0n) is 11.4. The number of amides is 1. The van der Waals surface area contributed by atoms with Gasteiger partial charge in [-0.25, -0.2) is 0 Å². The molecule has 0 N–H and O–H groups in total. The van der Waals surface area contributed by atoms with Crippen LogP contribution in [0, 0.1) is 11.8 Å². The van der Waals surface area contributed by atoms with E-state index in [0.717, 1.165) is 57.2 Å². The summed E-state index contributed by atoms with van der Waals surface area (Å²) in [5, 5.41) is 0. The molecule has 2 aliphatic heterocycles. The molecule has 0 aromatic rings. The van der Waals surface area contributed by atoms with Crippen molar-refractivity contribution < 1.29 is 9.53 Å². The Bertz CT molecular complexity index is 274. The maximum absolute atomic E-state index is 12.4. The van der Waals surface area contributed by atoms with Crippen molar-refractivity contribution in [2.75, 3.05) is 19.7 Å². The van der Waals surface area contributed by atoms with Crippen molar-refractivity contribution in [3.05, 3.63) is 0 Å². The molecule has 2 rings (SSSR count). The van der Waals surface area contributed by atoms with E-state index in [9.17, 15) is 4.79 Å². The minimum Gasteiger partial charge on any atom is -0.365 e. The molecular formula is C14H25NO2. The van der Waals surface area contributed by atoms with Crippen LogP contribution >= 0.6 is 0 Å². The van der Waals surface area contributed by atoms with Crippen molar-refractivity contribution in [1.29, 1.82) is 0 Å². The van der Waals surface area contributed by atoms with Gasteiger partial charge >= 0.3 is 0 Å². The Kier molecular flexibility index (Phi) is 3.76. The second-order valence-electron chi connectivity index (χ2n) is 6.06. The number of hydrogen-bond donors (Lipinski definition) is 0. The molecule has 0 radical (unpaired) electrons. The summed E-state index contributed by atoms with van der Waals surface area (Å²) < 4.78 is 5.64. The Morgan fingerprint density at radius 2 is 2.00 bits per heavy atom. The van der Waals surface area contributed by atoms with Gasteiger partial charge < -0.3 is 9.64 Å². The molecule has 1 unspecified atom stereocenters. The predicted molar refractivity (Wildman–Crippen MR) is 67.7 cm³/mol. The average molecular weight is 239 g/mol. The molecule has 3 nitrogen and oxygen atoms in total. The standard InChI is InChI=1S/C14H25NO2/c1-11(2)12-5-8-15(9-6-12)13(16)14(3)7-4-10-17-14/h11-12H,4-10H2,1-3H3. The summed E-state index contributed by atoms with van der Waals surface area (Å²) in [4.78, 5) is 14.4. The Hall–Kier alpha value is -0.570. The monoisotopic (exact) mass is 239 g/mol. The SMILES string of the molecule is CC(C)C1CCN(C(=O)C2(C)CCCO2)CC1. The first-order valence-electron chi connectivity index (χ1n) is 6.96. The molecule has 2 aliphatic rings. The lowest BCUT2D eigenvalue weighted by Gasteiger charge is -2.37. The zero-order valence-corrected chi connectivity index (χ0v) is 11.4. The summed E-state index contributed by atoms with van der Waals surface area (Å²) in [5.41, 5.74) is -0.523. The molecule has 0 bridgehead atoms. The van der Waals surface area contributed by atoms with Crippen molar-refractivity contribution in [1.82, 2.24) is 4.90 Å². The topological polar surface area (TPSA) is 29.5 Å². The summed E-state index contributed by atoms with van der Waals surface area (Å²) in [6.45, 7) is 9.09. The highest BCUT2D eigenvalue weighted by molar-refractivity contribution is 5.85. The molecule has 2 saturated heterocycles. The van der Waals surface area contributed by atoms with Crippen molar-refractivity contribution in [2.45, 2.75) is 52.1 Å². The smallest absolute Gasteiger partial charge is 0.254 e. The van der Waals surface area contributed by atoms with Gasteiger partial charge in [-0.15, -0.1) is 0 Å². The number of ether oxygens (including phenoxy) is 1. The summed E-state index contributed by atoms with van der Waals surface area (Å²) >= 11 is 0. The van der Waals surface area contributed by atoms with Gasteiger partial charge in [-0.05, 0) is 44.4 Å². The molecule has 0 aliphatic carbocycles. The van der Waals surface area contributed by atoms with E-state index < -0.39 is 5.60 Å². The quantitative estimate of drug-likeness (QED) is 0.741. The highest BCUT2D eigenvalue weighted by atomic mass is 16.5. The molecule has 0 saturated carbocycles. The molecule has 0 aromatic carbocycles. The largest absolute Gasteiger partial charge is 0.365 e. The fraction of sp³-hybridized carbons (Fsp3) is 0.929. The number of nitrogens with zero attached hydrogens (tertiary/aromatic N) is 1. The van der Waals surface area contributed by atoms with E-state index in [2.05, 4.69) is 13.8 Å². The number of hydrogen-bond acceptors (Lipinski definition) is 2. The van der Waals surface area contributed by atoms with E-state index in [1.54, 1.807) is 0 Å². The lowest BCUT2D eigenvalue weighted by atomic mass is 9.86. The summed E-state index contributed by atoms with van der Waals surface area (Å²) in [6, 6.07) is 0. The Labute approximate surface area is 105 Å². The van der Waals surface area contributed by atoms with Crippen LogP contribution in [0.1, 0.15) is 46.5 Å². The molecule has 2 fully saturated rings. The van der Waals surface area contributed by atoms with Gasteiger partial charge in [0.15, 0.2) is 0 Å². The molecule has 2 heterocycles. The van der Waals surface area contributed by atoms with Gasteiger partial charge in [0.1, 0.15) is 5.60 Å². The number of carbonyl (C=O) groups is 1. The number of rotatable bonds is 2. The van der Waals surface area contributed by atoms with Gasteiger partial charge in [0, 0.05) is 19.7 Å². The lowest BCUT2D eigenvalue weighted by Crippen LogP contribution is -2.50. The van der Waals surface area contributed by atoms with Crippen LogP contribution in [0.25, 0.3) is 0 Å². The Balaban J connectivity index is 1.90. The fourth-order valence-corrected chi connectivity index (χ4v) is 3.05. The lowest BCUT2D eigenvalue weighted by molar-refractivity contribution is -0.152. The van der Waals surface area contributed by atoms with Crippen LogP contribution < -0.4 is 0 Å². The second-order valence-corrected chi connectivity index (χ2v) is 6.06. The third-order valence-electron chi connectivity index (χ3n) is 4.44. The first-order chi connectivity index (χ1) is 8.03. The van der Waals surface area contributed by atoms with Crippen molar-refractivity contribution in [3.63, 3.8) is 0 Å². The van der Waals surface area contributed by atoms with Gasteiger partial charge in [0.2, 0.25) is 0 Å². The maximum atomic E-state index is 12.4. The molecule has 17 heavy (non-hydrogen) atoms. The van der Waals surface area contributed by atoms with Crippen LogP contribution in [0.2, 0.25) is 0 Å². The van der Waals surface area contributed by atoms with Crippen LogP contribution in [0.5, 0.6) is 0 Å². The first kappa shape index (κ1) is 12.9. The van der Waals surface area contributed by atoms with Crippen LogP contribution in [0.15, 0.2) is 0 Å². The highest BCUT2D eigenvalue weighted by Gasteiger charge is 2.41. The minimum atomic E-state index is -0.523. The van der Waals surface area contributed by atoms with Crippen molar-refractivity contribution in [2.24, 2.45) is 11.8 Å². The Morgan fingerprint density at radius 1 is 1.35 bits per heavy atom. The van der Waals surface area contributed by atoms with E-state index in [-0.39, 0.29) is 5.91 Å². The highest BCUT2D eigenvalue weighted by Crippen LogP contribution is 2.30. The van der Waals surface area contributed by atoms with E-state index >= 15 is 0 Å². The van der Waals surface area contributed by atoms with E-state index in [4.69, 9.17) is 4.74 Å². The van der Waals surface area contributed by atoms with Crippen LogP contribution in [0.4, 0.5) is 0 Å². The van der Waals surface area contributed by atoms with Crippen molar-refractivity contribution in [3.8, 4) is 0 Å². The van der Waals surface area contributed by atoms with Crippen molar-refractivity contribution >= 4 is 5.91 Å². The Morgan fingerprint density at radius 3 is 2.47 bits per heavy atom. The molecule has 0 spiro atoms. The van der Waals surface area contributed by atoms with Gasteiger partial charge in [0.05, 0.1) is 0 Å². The molecule has 3 heteroatoms. The normalized spacial score (nSPS) is 31.2. The minimum absolute atomic E-state index is 0.220. The molecule has 1 atom stereocenters. The van der Waals surface area contributed by atoms with Crippen LogP contribution in [0.3, 0.4) is 0 Å². The average Bonchev–Trinajstić information content (AvgIpc) is 2.76. The molecule has 0 aromatic heterocycles. The molecular weight excluding hydrogens is 214 g/mol. The third kappa shape index (κ3) is 2.65. The summed E-state index contributed by atoms with van der Waals surface area (Å²) in [6.07, 6.45) is 4.21. The summed E-state index contributed by atoms with van der Waals surface area (Å²) in [7, 11) is 0. The number of likely N-dealkylation sites (tertiary alicyclic amines) is 1. The van der Waals surface area contributed by atoms with Gasteiger partial charge in [-0.1, -0.05) is 13.8 Å². The van der Waals surface area contributed by atoms with E-state index in [0.29, 0.717) is 0 Å². The predicted octanol–water partition coefficient (Wildman–Crippen LogP) is 2.45. The number of carbonyl (C=O) groups excluding carboxylic acids is 1. The van der Waals surface area contributed by atoms with E-state index in [1.807, 2.05) is 11.8 Å². The van der Waals surface area contributed by atoms with Gasteiger partial charge in [0.25, 0.3) is 5.91 Å².